The van der Waals surface area contributed by atoms with Gasteiger partial charge in [0.1, 0.15) is 0 Å². The molecule has 1 unspecified atom stereocenters. The molecule has 1 heterocycles. The Hall–Kier alpha value is -2.23. The molecule has 1 amide bonds. The molecule has 0 aliphatic heterocycles. The molecule has 3 N–H and O–H groups in total. The minimum Gasteiger partial charge on any atom is -0.478 e. The lowest BCUT2D eigenvalue weighted by Gasteiger charge is -2.10. The summed E-state index contributed by atoms with van der Waals surface area (Å²) in [6.45, 7) is 3.61. The third-order valence-corrected chi connectivity index (χ3v) is 6.13. The van der Waals surface area contributed by atoms with Crippen LogP contribution in [0.5, 0.6) is 0 Å². The molecule has 0 saturated heterocycles. The van der Waals surface area contributed by atoms with Crippen LogP contribution in [0, 0.1) is 0 Å². The number of para-hydroxylation sites is 1. The zero-order valence-electron chi connectivity index (χ0n) is 13.6. The highest BCUT2D eigenvalue weighted by Gasteiger charge is 2.21. The Labute approximate surface area is 149 Å². The van der Waals surface area contributed by atoms with Gasteiger partial charge in [-0.3, -0.25) is 4.79 Å². The molecule has 0 spiro atoms. The molecule has 1 atom stereocenters. The van der Waals surface area contributed by atoms with E-state index in [0.29, 0.717) is 6.42 Å². The van der Waals surface area contributed by atoms with E-state index < -0.39 is 21.9 Å². The van der Waals surface area contributed by atoms with E-state index in [1.165, 1.54) is 23.6 Å². The monoisotopic (exact) mass is 382 g/mol. The number of hydrogen-bond donors (Lipinski definition) is 3. The lowest BCUT2D eigenvalue weighted by molar-refractivity contribution is 0.0698. The molecule has 134 valence electrons. The van der Waals surface area contributed by atoms with Crippen molar-refractivity contribution in [2.75, 3.05) is 5.32 Å². The van der Waals surface area contributed by atoms with Gasteiger partial charge in [0, 0.05) is 11.4 Å². The van der Waals surface area contributed by atoms with Crippen LogP contribution in [-0.4, -0.2) is 31.4 Å². The van der Waals surface area contributed by atoms with E-state index in [1.807, 2.05) is 6.92 Å². The van der Waals surface area contributed by atoms with Crippen molar-refractivity contribution in [3.8, 4) is 0 Å². The second-order valence-electron chi connectivity index (χ2n) is 5.38. The summed E-state index contributed by atoms with van der Waals surface area (Å²) in [5.74, 6) is -1.73. The first-order chi connectivity index (χ1) is 11.7. The Balaban J connectivity index is 2.20. The van der Waals surface area contributed by atoms with Gasteiger partial charge in [0.05, 0.1) is 21.0 Å². The van der Waals surface area contributed by atoms with Gasteiger partial charge < -0.3 is 10.4 Å². The van der Waals surface area contributed by atoms with Gasteiger partial charge in [-0.1, -0.05) is 19.1 Å². The van der Waals surface area contributed by atoms with Crippen LogP contribution in [0.25, 0.3) is 0 Å². The normalized spacial score (nSPS) is 12.6. The lowest BCUT2D eigenvalue weighted by atomic mass is 10.2. The average molecular weight is 382 g/mol. The Morgan fingerprint density at radius 2 is 1.96 bits per heavy atom. The van der Waals surface area contributed by atoms with Gasteiger partial charge in [0.25, 0.3) is 5.91 Å². The van der Waals surface area contributed by atoms with Crippen LogP contribution in [0.1, 0.15) is 40.3 Å². The fraction of sp³-hybridized carbons (Fsp3) is 0.250. The highest BCUT2D eigenvalue weighted by molar-refractivity contribution is 7.89. The molecule has 25 heavy (non-hydrogen) atoms. The largest absolute Gasteiger partial charge is 0.478 e. The average Bonchev–Trinajstić information content (AvgIpc) is 3.05. The molecular formula is C16H18N2O5S2. The van der Waals surface area contributed by atoms with Crippen molar-refractivity contribution in [1.29, 1.82) is 0 Å². The van der Waals surface area contributed by atoms with Crippen LogP contribution in [0.3, 0.4) is 0 Å². The van der Waals surface area contributed by atoms with E-state index in [-0.39, 0.29) is 27.1 Å². The third-order valence-electron chi connectivity index (χ3n) is 3.48. The number of rotatable bonds is 7. The summed E-state index contributed by atoms with van der Waals surface area (Å²) in [6.07, 6.45) is 0.642. The van der Waals surface area contributed by atoms with Gasteiger partial charge >= 0.3 is 5.97 Å². The number of carboxylic acid groups (broad SMARTS) is 1. The van der Waals surface area contributed by atoms with Gasteiger partial charge in [0.2, 0.25) is 10.0 Å². The second-order valence-corrected chi connectivity index (χ2v) is 8.01. The smallest absolute Gasteiger partial charge is 0.337 e. The van der Waals surface area contributed by atoms with Gasteiger partial charge in [0.15, 0.2) is 0 Å². The summed E-state index contributed by atoms with van der Waals surface area (Å²) in [6, 6.07) is 7.05. The molecule has 0 saturated carbocycles. The van der Waals surface area contributed by atoms with Crippen LogP contribution < -0.4 is 10.0 Å². The maximum absolute atomic E-state index is 12.3. The molecule has 2 aromatic rings. The number of carbonyl (C=O) groups is 2. The van der Waals surface area contributed by atoms with Crippen molar-refractivity contribution in [2.45, 2.75) is 31.2 Å². The van der Waals surface area contributed by atoms with Crippen molar-refractivity contribution < 1.29 is 23.1 Å². The SMILES string of the molecule is CCC(C)NS(=O)(=O)c1csc(C(=O)Nc2ccccc2C(=O)O)c1. The van der Waals surface area contributed by atoms with Gasteiger partial charge in [-0.25, -0.2) is 17.9 Å². The number of benzene rings is 1. The summed E-state index contributed by atoms with van der Waals surface area (Å²) in [4.78, 5) is 23.6. The van der Waals surface area contributed by atoms with E-state index in [2.05, 4.69) is 10.0 Å². The Morgan fingerprint density at radius 3 is 2.60 bits per heavy atom. The molecule has 0 fully saturated rings. The minimum atomic E-state index is -3.69. The number of carboxylic acids is 1. The number of nitrogens with one attached hydrogen (secondary N) is 2. The predicted molar refractivity (Wildman–Crippen MR) is 95.7 cm³/mol. The standard InChI is InChI=1S/C16H18N2O5S2/c1-3-10(2)18-25(22,23)11-8-14(24-9-11)15(19)17-13-7-5-4-6-12(13)16(20)21/h4-10,18H,3H2,1-2H3,(H,17,19)(H,20,21). The fourth-order valence-corrected chi connectivity index (χ4v) is 4.45. The Bertz CT molecular complexity index is 889. The number of aromatic carboxylic acids is 1. The Kier molecular flexibility index (Phi) is 5.93. The fourth-order valence-electron chi connectivity index (χ4n) is 1.96. The van der Waals surface area contributed by atoms with Gasteiger partial charge in [-0.2, -0.15) is 0 Å². The summed E-state index contributed by atoms with van der Waals surface area (Å²) >= 11 is 0.974. The highest BCUT2D eigenvalue weighted by atomic mass is 32.2. The first kappa shape index (κ1) is 19.1. The zero-order chi connectivity index (χ0) is 18.6. The van der Waals surface area contributed by atoms with Gasteiger partial charge in [-0.05, 0) is 31.5 Å². The molecule has 0 aliphatic rings. The van der Waals surface area contributed by atoms with Crippen molar-refractivity contribution in [3.05, 3.63) is 46.2 Å². The number of thiophene rings is 1. The van der Waals surface area contributed by atoms with E-state index in [1.54, 1.807) is 19.1 Å². The van der Waals surface area contributed by atoms with Crippen molar-refractivity contribution >= 4 is 38.9 Å². The molecule has 0 bridgehead atoms. The predicted octanol–water partition coefficient (Wildman–Crippen LogP) is 2.78. The molecule has 2 rings (SSSR count). The maximum Gasteiger partial charge on any atom is 0.337 e. The van der Waals surface area contributed by atoms with Crippen molar-refractivity contribution in [2.24, 2.45) is 0 Å². The molecular weight excluding hydrogens is 364 g/mol. The first-order valence-electron chi connectivity index (χ1n) is 7.49. The summed E-state index contributed by atoms with van der Waals surface area (Å²) in [5, 5.41) is 13.0. The van der Waals surface area contributed by atoms with Crippen LogP contribution in [0.2, 0.25) is 0 Å². The molecule has 1 aromatic carbocycles. The van der Waals surface area contributed by atoms with E-state index in [4.69, 9.17) is 5.11 Å². The number of carbonyl (C=O) groups excluding carboxylic acids is 1. The molecule has 0 radical (unpaired) electrons. The van der Waals surface area contributed by atoms with Gasteiger partial charge in [-0.15, -0.1) is 11.3 Å². The van der Waals surface area contributed by atoms with E-state index in [0.717, 1.165) is 11.3 Å². The van der Waals surface area contributed by atoms with Crippen molar-refractivity contribution in [3.63, 3.8) is 0 Å². The van der Waals surface area contributed by atoms with E-state index in [9.17, 15) is 18.0 Å². The number of anilines is 1. The van der Waals surface area contributed by atoms with E-state index >= 15 is 0 Å². The highest BCUT2D eigenvalue weighted by Crippen LogP contribution is 2.22. The third kappa shape index (κ3) is 4.65. The van der Waals surface area contributed by atoms with Crippen LogP contribution >= 0.6 is 11.3 Å². The number of hydrogen-bond acceptors (Lipinski definition) is 5. The number of sulfonamides is 1. The number of amides is 1. The van der Waals surface area contributed by atoms with Crippen molar-refractivity contribution in [1.82, 2.24) is 4.72 Å². The lowest BCUT2D eigenvalue weighted by Crippen LogP contribution is -2.31. The molecule has 9 heteroatoms. The first-order valence-corrected chi connectivity index (χ1v) is 9.85. The quantitative estimate of drug-likeness (QED) is 0.681. The Morgan fingerprint density at radius 1 is 1.28 bits per heavy atom. The summed E-state index contributed by atoms with van der Waals surface area (Å²) in [7, 11) is -3.69. The molecule has 7 nitrogen and oxygen atoms in total. The maximum atomic E-state index is 12.3. The van der Waals surface area contributed by atoms with Crippen LogP contribution in [-0.2, 0) is 10.0 Å². The molecule has 0 aliphatic carbocycles. The topological polar surface area (TPSA) is 113 Å². The minimum absolute atomic E-state index is 0.00877. The summed E-state index contributed by atoms with van der Waals surface area (Å²) in [5.41, 5.74) is 0.106. The van der Waals surface area contributed by atoms with Crippen LogP contribution in [0.4, 0.5) is 5.69 Å². The zero-order valence-corrected chi connectivity index (χ0v) is 15.3. The molecule has 1 aromatic heterocycles. The second kappa shape index (κ2) is 7.77. The van der Waals surface area contributed by atoms with Crippen LogP contribution in [0.15, 0.2) is 40.6 Å². The summed E-state index contributed by atoms with van der Waals surface area (Å²) < 4.78 is 27.0.